The maximum atomic E-state index is 11.5. The van der Waals surface area contributed by atoms with Gasteiger partial charge in [-0.3, -0.25) is 14.4 Å². The molecule has 24 heavy (non-hydrogen) atoms. The van der Waals surface area contributed by atoms with Gasteiger partial charge in [0.15, 0.2) is 0 Å². The maximum Gasteiger partial charge on any atom is 0.247 e. The number of ether oxygens (including phenoxy) is 1. The van der Waals surface area contributed by atoms with Gasteiger partial charge in [-0.2, -0.15) is 5.10 Å². The lowest BCUT2D eigenvalue weighted by Gasteiger charge is -2.35. The highest BCUT2D eigenvalue weighted by Crippen LogP contribution is 2.26. The lowest BCUT2D eigenvalue weighted by atomic mass is 9.99. The number of primary amides is 1. The van der Waals surface area contributed by atoms with Crippen LogP contribution in [0, 0.1) is 6.92 Å². The molecule has 1 amide bonds. The molecule has 2 atom stereocenters. The van der Waals surface area contributed by atoms with Gasteiger partial charge in [-0.25, -0.2) is 0 Å². The Hall–Kier alpha value is -2.18. The number of morpholine rings is 1. The first kappa shape index (κ1) is 16.7. The van der Waals surface area contributed by atoms with E-state index < -0.39 is 12.0 Å². The number of carbonyl (C=O) groups excluding carboxylic acids is 1. The Bertz CT molecular complexity index is 740. The quantitative estimate of drug-likeness (QED) is 0.922. The van der Waals surface area contributed by atoms with Crippen molar-refractivity contribution in [3.63, 3.8) is 0 Å². The van der Waals surface area contributed by atoms with Crippen molar-refractivity contribution >= 4 is 5.91 Å². The van der Waals surface area contributed by atoms with E-state index in [9.17, 15) is 4.79 Å². The van der Waals surface area contributed by atoms with Crippen LogP contribution in [-0.4, -0.2) is 45.9 Å². The Labute approximate surface area is 142 Å². The number of aromatic nitrogens is 2. The zero-order valence-corrected chi connectivity index (χ0v) is 14.4. The summed E-state index contributed by atoms with van der Waals surface area (Å²) in [5, 5.41) is 4.28. The number of aryl methyl sites for hydroxylation is 2. The topological polar surface area (TPSA) is 73.4 Å². The number of hydrogen-bond acceptors (Lipinski definition) is 4. The molecule has 6 nitrogen and oxygen atoms in total. The third kappa shape index (κ3) is 3.66. The second-order valence-electron chi connectivity index (χ2n) is 6.60. The monoisotopic (exact) mass is 328 g/mol. The largest absolute Gasteiger partial charge is 0.367 e. The lowest BCUT2D eigenvalue weighted by molar-refractivity contribution is -0.142. The minimum Gasteiger partial charge on any atom is -0.367 e. The van der Waals surface area contributed by atoms with Crippen molar-refractivity contribution in [1.29, 1.82) is 0 Å². The smallest absolute Gasteiger partial charge is 0.247 e. The fraction of sp³-hybridized carbons (Fsp3) is 0.444. The molecule has 0 saturated carbocycles. The molecule has 1 unspecified atom stereocenters. The molecule has 2 heterocycles. The van der Waals surface area contributed by atoms with E-state index in [0.29, 0.717) is 6.54 Å². The molecule has 0 bridgehead atoms. The molecule has 1 saturated heterocycles. The van der Waals surface area contributed by atoms with E-state index in [-0.39, 0.29) is 6.10 Å². The molecule has 3 rings (SSSR count). The van der Waals surface area contributed by atoms with E-state index in [1.807, 2.05) is 26.4 Å². The molecule has 1 aliphatic heterocycles. The number of benzene rings is 1. The fourth-order valence-electron chi connectivity index (χ4n) is 3.22. The van der Waals surface area contributed by atoms with Crippen LogP contribution < -0.4 is 5.73 Å². The van der Waals surface area contributed by atoms with E-state index >= 15 is 0 Å². The summed E-state index contributed by atoms with van der Waals surface area (Å²) >= 11 is 0. The van der Waals surface area contributed by atoms with Crippen LogP contribution in [0.15, 0.2) is 30.6 Å². The number of nitrogens with zero attached hydrogens (tertiary/aromatic N) is 3. The zero-order valence-electron chi connectivity index (χ0n) is 14.4. The minimum absolute atomic E-state index is 0.0106. The average Bonchev–Trinajstić information content (AvgIpc) is 2.95. The van der Waals surface area contributed by atoms with E-state index in [1.165, 1.54) is 16.7 Å². The molecule has 1 aliphatic rings. The first-order valence-corrected chi connectivity index (χ1v) is 8.18. The summed E-state index contributed by atoms with van der Waals surface area (Å²) in [4.78, 5) is 13.7. The van der Waals surface area contributed by atoms with Gasteiger partial charge in [0.1, 0.15) is 6.10 Å². The van der Waals surface area contributed by atoms with Crippen molar-refractivity contribution in [2.45, 2.75) is 32.6 Å². The molecular formula is C18H24N4O2. The predicted molar refractivity (Wildman–Crippen MR) is 92.2 cm³/mol. The van der Waals surface area contributed by atoms with E-state index in [2.05, 4.69) is 35.1 Å². The van der Waals surface area contributed by atoms with Gasteiger partial charge in [0, 0.05) is 38.4 Å². The van der Waals surface area contributed by atoms with Crippen LogP contribution in [0.4, 0.5) is 0 Å². The summed E-state index contributed by atoms with van der Waals surface area (Å²) < 4.78 is 7.43. The number of hydrogen-bond donors (Lipinski definition) is 1. The summed E-state index contributed by atoms with van der Waals surface area (Å²) in [6, 6.07) is 6.45. The second kappa shape index (κ2) is 6.75. The first-order chi connectivity index (χ1) is 11.4. The Balaban J connectivity index is 1.86. The molecule has 1 aromatic carbocycles. The fourth-order valence-corrected chi connectivity index (χ4v) is 3.22. The van der Waals surface area contributed by atoms with Crippen LogP contribution in [-0.2, 0) is 23.1 Å². The highest BCUT2D eigenvalue weighted by atomic mass is 16.5. The second-order valence-corrected chi connectivity index (χ2v) is 6.60. The highest BCUT2D eigenvalue weighted by Gasteiger charge is 2.29. The Morgan fingerprint density at radius 1 is 1.42 bits per heavy atom. The van der Waals surface area contributed by atoms with Crippen molar-refractivity contribution in [2.24, 2.45) is 12.8 Å². The molecule has 6 heteroatoms. The van der Waals surface area contributed by atoms with E-state index in [0.717, 1.165) is 18.7 Å². The van der Waals surface area contributed by atoms with Gasteiger partial charge in [0.05, 0.1) is 12.3 Å². The minimum atomic E-state index is -0.541. The van der Waals surface area contributed by atoms with Crippen molar-refractivity contribution < 1.29 is 9.53 Å². The summed E-state index contributed by atoms with van der Waals surface area (Å²) in [6.07, 6.45) is 3.35. The van der Waals surface area contributed by atoms with Crippen LogP contribution in [0.1, 0.15) is 18.1 Å². The van der Waals surface area contributed by atoms with Crippen LogP contribution in [0.5, 0.6) is 0 Å². The van der Waals surface area contributed by atoms with Gasteiger partial charge in [-0.05, 0) is 25.0 Å². The Morgan fingerprint density at radius 3 is 2.88 bits per heavy atom. The standard InChI is InChI=1S/C18H24N4O2/c1-12-4-5-14(16(6-12)15-7-20-21(3)9-15)10-22-8-13(2)24-17(11-22)18(19)23/h4-7,9,13,17H,8,10-11H2,1-3H3,(H2,19,23)/t13-,17?/m1/s1. The van der Waals surface area contributed by atoms with E-state index in [1.54, 1.807) is 4.68 Å². The van der Waals surface area contributed by atoms with Crippen molar-refractivity contribution in [3.8, 4) is 11.1 Å². The predicted octanol–water partition coefficient (Wildman–Crippen LogP) is 1.47. The molecule has 0 radical (unpaired) electrons. The molecule has 1 aromatic heterocycles. The van der Waals surface area contributed by atoms with Crippen molar-refractivity contribution in [1.82, 2.24) is 14.7 Å². The summed E-state index contributed by atoms with van der Waals surface area (Å²) in [7, 11) is 1.92. The van der Waals surface area contributed by atoms with Gasteiger partial charge in [-0.15, -0.1) is 0 Å². The van der Waals surface area contributed by atoms with Gasteiger partial charge < -0.3 is 10.5 Å². The van der Waals surface area contributed by atoms with Gasteiger partial charge >= 0.3 is 0 Å². The number of amides is 1. The van der Waals surface area contributed by atoms with Crippen molar-refractivity contribution in [3.05, 3.63) is 41.7 Å². The zero-order chi connectivity index (χ0) is 17.3. The lowest BCUT2D eigenvalue weighted by Crippen LogP contribution is -2.51. The summed E-state index contributed by atoms with van der Waals surface area (Å²) in [6.45, 7) is 6.12. The summed E-state index contributed by atoms with van der Waals surface area (Å²) in [5.74, 6) is -0.400. The van der Waals surface area contributed by atoms with Gasteiger partial charge in [-0.1, -0.05) is 23.8 Å². The highest BCUT2D eigenvalue weighted by molar-refractivity contribution is 5.79. The molecular weight excluding hydrogens is 304 g/mol. The SMILES string of the molecule is Cc1ccc(CN2CC(C(N)=O)O[C@H](C)C2)c(-c2cnn(C)c2)c1. The molecule has 0 spiro atoms. The Kier molecular flexibility index (Phi) is 4.69. The first-order valence-electron chi connectivity index (χ1n) is 8.18. The summed E-state index contributed by atoms with van der Waals surface area (Å²) in [5.41, 5.74) is 10.1. The number of nitrogens with two attached hydrogens (primary N) is 1. The molecule has 1 fully saturated rings. The number of rotatable bonds is 4. The third-order valence-corrected chi connectivity index (χ3v) is 4.33. The molecule has 128 valence electrons. The van der Waals surface area contributed by atoms with Crippen LogP contribution in [0.3, 0.4) is 0 Å². The molecule has 2 N–H and O–H groups in total. The molecule has 0 aliphatic carbocycles. The third-order valence-electron chi connectivity index (χ3n) is 4.33. The maximum absolute atomic E-state index is 11.5. The van der Waals surface area contributed by atoms with Crippen molar-refractivity contribution in [2.75, 3.05) is 13.1 Å². The Morgan fingerprint density at radius 2 is 2.21 bits per heavy atom. The van der Waals surface area contributed by atoms with Crippen LogP contribution in [0.25, 0.3) is 11.1 Å². The van der Waals surface area contributed by atoms with Crippen LogP contribution in [0.2, 0.25) is 0 Å². The van der Waals surface area contributed by atoms with Crippen LogP contribution >= 0.6 is 0 Å². The van der Waals surface area contributed by atoms with Gasteiger partial charge in [0.2, 0.25) is 5.91 Å². The number of carbonyl (C=O) groups is 1. The molecule has 2 aromatic rings. The average molecular weight is 328 g/mol. The normalized spacial score (nSPS) is 21.8. The van der Waals surface area contributed by atoms with Gasteiger partial charge in [0.25, 0.3) is 0 Å². The van der Waals surface area contributed by atoms with E-state index in [4.69, 9.17) is 10.5 Å².